The summed E-state index contributed by atoms with van der Waals surface area (Å²) in [6, 6.07) is 59.1. The number of benzene rings is 9. The SMILES string of the molecule is Fc1ccc(N(c2ccc3c(c2)Oc2cccc4c(N(c5ccc(F)cc5)c5cccc6ccccc56)ccc-3c24)c2cccc3ccccc23)cc1. The molecule has 5 heteroatoms. The van der Waals surface area contributed by atoms with Crippen molar-refractivity contribution in [1.29, 1.82) is 0 Å². The maximum atomic E-state index is 14.3. The normalized spacial score (nSPS) is 11.7. The summed E-state index contributed by atoms with van der Waals surface area (Å²) in [5, 5.41) is 6.41. The van der Waals surface area contributed by atoms with Crippen molar-refractivity contribution in [2.45, 2.75) is 0 Å². The van der Waals surface area contributed by atoms with E-state index in [1.165, 1.54) is 24.3 Å². The fraction of sp³-hybridized carbons (Fsp3) is 0. The van der Waals surface area contributed by atoms with Crippen LogP contribution in [-0.2, 0) is 0 Å². The zero-order valence-corrected chi connectivity index (χ0v) is 28.4. The number of hydrogen-bond acceptors (Lipinski definition) is 3. The van der Waals surface area contributed by atoms with Gasteiger partial charge >= 0.3 is 0 Å². The van der Waals surface area contributed by atoms with Crippen LogP contribution >= 0.6 is 0 Å². The van der Waals surface area contributed by atoms with E-state index in [1.807, 2.05) is 54.6 Å². The van der Waals surface area contributed by atoms with Crippen molar-refractivity contribution in [2.75, 3.05) is 9.80 Å². The number of rotatable bonds is 6. The third-order valence-electron chi connectivity index (χ3n) is 10.1. The molecule has 0 N–H and O–H groups in total. The van der Waals surface area contributed by atoms with E-state index in [-0.39, 0.29) is 11.6 Å². The van der Waals surface area contributed by atoms with Crippen molar-refractivity contribution in [3.8, 4) is 22.6 Å². The Morgan fingerprint density at radius 3 is 1.51 bits per heavy atom. The fourth-order valence-electron chi connectivity index (χ4n) is 7.76. The average molecular weight is 689 g/mol. The molecule has 0 saturated heterocycles. The molecule has 0 amide bonds. The highest BCUT2D eigenvalue weighted by molar-refractivity contribution is 6.12. The van der Waals surface area contributed by atoms with Gasteiger partial charge in [0.05, 0.1) is 17.1 Å². The standard InChI is InChI=1S/C48H30F2N2O/c49-33-18-22-35(23-19-33)51(43-15-5-10-31-8-1-3-12-38(31)43)37-26-27-40-41-28-29-45(42-14-7-17-46(48(41)42)53-47(40)30-37)52(36-24-20-34(50)21-25-36)44-16-6-11-32-9-2-4-13-39(32)44/h1-30H. The summed E-state index contributed by atoms with van der Waals surface area (Å²) in [5.74, 6) is 0.903. The number of nitrogens with zero attached hydrogens (tertiary/aromatic N) is 2. The van der Waals surface area contributed by atoms with Gasteiger partial charge in [-0.1, -0.05) is 91.0 Å². The van der Waals surface area contributed by atoms with E-state index >= 15 is 0 Å². The van der Waals surface area contributed by atoms with E-state index in [0.717, 1.165) is 89.1 Å². The first-order chi connectivity index (χ1) is 26.1. The number of hydrogen-bond donors (Lipinski definition) is 0. The second-order valence-corrected chi connectivity index (χ2v) is 13.2. The van der Waals surface area contributed by atoms with E-state index in [2.05, 4.69) is 101 Å². The van der Waals surface area contributed by atoms with E-state index in [0.29, 0.717) is 0 Å². The third-order valence-corrected chi connectivity index (χ3v) is 10.1. The van der Waals surface area contributed by atoms with Crippen molar-refractivity contribution in [3.63, 3.8) is 0 Å². The Labute approximate surface area is 305 Å². The fourth-order valence-corrected chi connectivity index (χ4v) is 7.76. The number of fused-ring (bicyclic) bond motifs is 4. The predicted octanol–water partition coefficient (Wildman–Crippen LogP) is 14.1. The lowest BCUT2D eigenvalue weighted by atomic mass is 9.92. The van der Waals surface area contributed by atoms with Crippen LogP contribution < -0.4 is 14.5 Å². The summed E-state index contributed by atoms with van der Waals surface area (Å²) in [5.41, 5.74) is 7.52. The lowest BCUT2D eigenvalue weighted by Gasteiger charge is -2.31. The second-order valence-electron chi connectivity index (χ2n) is 13.2. The first kappa shape index (κ1) is 30.8. The van der Waals surface area contributed by atoms with Crippen LogP contribution in [0.4, 0.5) is 42.9 Å². The first-order valence-corrected chi connectivity index (χ1v) is 17.6. The predicted molar refractivity (Wildman–Crippen MR) is 214 cm³/mol. The van der Waals surface area contributed by atoms with Crippen molar-refractivity contribution >= 4 is 66.4 Å². The molecule has 9 aromatic carbocycles. The molecule has 53 heavy (non-hydrogen) atoms. The molecule has 0 spiro atoms. The molecule has 10 rings (SSSR count). The summed E-state index contributed by atoms with van der Waals surface area (Å²) in [7, 11) is 0. The molecule has 3 nitrogen and oxygen atoms in total. The van der Waals surface area contributed by atoms with Crippen LogP contribution in [0, 0.1) is 11.6 Å². The Kier molecular flexibility index (Phi) is 7.18. The molecule has 252 valence electrons. The quantitative estimate of drug-likeness (QED) is 0.173. The number of anilines is 6. The lowest BCUT2D eigenvalue weighted by Crippen LogP contribution is -2.12. The van der Waals surface area contributed by atoms with E-state index in [9.17, 15) is 8.78 Å². The molecule has 0 atom stereocenters. The lowest BCUT2D eigenvalue weighted by molar-refractivity contribution is 0.487. The maximum absolute atomic E-state index is 14.3. The van der Waals surface area contributed by atoms with Crippen LogP contribution in [0.2, 0.25) is 0 Å². The van der Waals surface area contributed by atoms with Crippen LogP contribution in [0.3, 0.4) is 0 Å². The zero-order chi connectivity index (χ0) is 35.5. The van der Waals surface area contributed by atoms with Crippen LogP contribution in [0.5, 0.6) is 11.5 Å². The minimum Gasteiger partial charge on any atom is -0.456 e. The molecular weight excluding hydrogens is 659 g/mol. The van der Waals surface area contributed by atoms with Gasteiger partial charge in [-0.05, 0) is 101 Å². The second kappa shape index (κ2) is 12.4. The molecule has 1 aliphatic rings. The van der Waals surface area contributed by atoms with Crippen molar-refractivity contribution in [3.05, 3.63) is 194 Å². The van der Waals surface area contributed by atoms with E-state index < -0.39 is 0 Å². The van der Waals surface area contributed by atoms with Gasteiger partial charge in [0.15, 0.2) is 0 Å². The van der Waals surface area contributed by atoms with Crippen LogP contribution in [0.1, 0.15) is 0 Å². The van der Waals surface area contributed by atoms with Crippen molar-refractivity contribution in [2.24, 2.45) is 0 Å². The minimum atomic E-state index is -0.289. The summed E-state index contributed by atoms with van der Waals surface area (Å²) in [6.07, 6.45) is 0. The largest absolute Gasteiger partial charge is 0.456 e. The van der Waals surface area contributed by atoms with Gasteiger partial charge in [0.25, 0.3) is 0 Å². The molecular formula is C48H30F2N2O. The van der Waals surface area contributed by atoms with E-state index in [4.69, 9.17) is 4.74 Å². The molecule has 0 aliphatic carbocycles. The molecule has 1 aliphatic heterocycles. The molecule has 0 bridgehead atoms. The van der Waals surface area contributed by atoms with Crippen molar-refractivity contribution in [1.82, 2.24) is 0 Å². The zero-order valence-electron chi connectivity index (χ0n) is 28.4. The van der Waals surface area contributed by atoms with Gasteiger partial charge in [-0.3, -0.25) is 0 Å². The molecule has 0 aromatic heterocycles. The van der Waals surface area contributed by atoms with E-state index in [1.54, 1.807) is 12.1 Å². The van der Waals surface area contributed by atoms with Gasteiger partial charge in [-0.25, -0.2) is 8.78 Å². The molecule has 9 aromatic rings. The monoisotopic (exact) mass is 688 g/mol. The Morgan fingerprint density at radius 2 is 0.849 bits per heavy atom. The highest BCUT2D eigenvalue weighted by atomic mass is 19.1. The molecule has 0 saturated carbocycles. The minimum absolute atomic E-state index is 0.286. The third kappa shape index (κ3) is 5.16. The van der Waals surface area contributed by atoms with Crippen molar-refractivity contribution < 1.29 is 13.5 Å². The van der Waals surface area contributed by atoms with Crippen LogP contribution in [0.15, 0.2) is 182 Å². The Bertz CT molecular complexity index is 2840. The number of halogens is 2. The summed E-state index contributed by atoms with van der Waals surface area (Å²) in [6.45, 7) is 0. The van der Waals surface area contributed by atoms with Gasteiger partial charge in [0.1, 0.15) is 23.1 Å². The molecule has 0 unspecified atom stereocenters. The first-order valence-electron chi connectivity index (χ1n) is 17.6. The maximum Gasteiger partial charge on any atom is 0.137 e. The highest BCUT2D eigenvalue weighted by Gasteiger charge is 2.26. The van der Waals surface area contributed by atoms with Gasteiger partial charge in [-0.15, -0.1) is 0 Å². The Hall–Kier alpha value is -6.98. The van der Waals surface area contributed by atoms with Crippen LogP contribution in [0.25, 0.3) is 43.4 Å². The van der Waals surface area contributed by atoms with Gasteiger partial charge < -0.3 is 14.5 Å². The topological polar surface area (TPSA) is 15.7 Å². The van der Waals surface area contributed by atoms with Crippen LogP contribution in [-0.4, -0.2) is 0 Å². The molecule has 0 fully saturated rings. The van der Waals surface area contributed by atoms with Gasteiger partial charge in [0.2, 0.25) is 0 Å². The smallest absolute Gasteiger partial charge is 0.137 e. The Morgan fingerprint density at radius 1 is 0.358 bits per heavy atom. The average Bonchev–Trinajstić information content (AvgIpc) is 3.20. The van der Waals surface area contributed by atoms with Gasteiger partial charge in [-0.2, -0.15) is 0 Å². The molecule has 0 radical (unpaired) electrons. The van der Waals surface area contributed by atoms with Gasteiger partial charge in [0, 0.05) is 50.2 Å². The Balaban J connectivity index is 1.15. The highest BCUT2D eigenvalue weighted by Crippen LogP contribution is 2.52. The summed E-state index contributed by atoms with van der Waals surface area (Å²) in [4.78, 5) is 4.35. The summed E-state index contributed by atoms with van der Waals surface area (Å²) < 4.78 is 35.2. The molecule has 1 heterocycles. The summed E-state index contributed by atoms with van der Waals surface area (Å²) >= 11 is 0. The number of ether oxygens (including phenoxy) is 1.